The van der Waals surface area contributed by atoms with Gasteiger partial charge in [0.2, 0.25) is 0 Å². The highest BCUT2D eigenvalue weighted by molar-refractivity contribution is 6.30. The summed E-state index contributed by atoms with van der Waals surface area (Å²) in [4.78, 5) is 5.23. The molecule has 31 heavy (non-hydrogen) atoms. The van der Waals surface area contributed by atoms with Gasteiger partial charge >= 0.3 is 0 Å². The third-order valence-corrected chi connectivity index (χ3v) is 7.11. The predicted molar refractivity (Wildman–Crippen MR) is 126 cm³/mol. The first kappa shape index (κ1) is 20.4. The van der Waals surface area contributed by atoms with Gasteiger partial charge in [0.1, 0.15) is 0 Å². The van der Waals surface area contributed by atoms with Gasteiger partial charge in [0.05, 0.1) is 29.9 Å². The van der Waals surface area contributed by atoms with E-state index in [-0.39, 0.29) is 0 Å². The molecule has 0 atom stereocenters. The molecule has 3 heterocycles. The van der Waals surface area contributed by atoms with Crippen molar-refractivity contribution in [2.75, 3.05) is 31.1 Å². The third kappa shape index (κ3) is 4.28. The average molecular weight is 434 g/mol. The lowest BCUT2D eigenvalue weighted by atomic mass is 9.99. The van der Waals surface area contributed by atoms with Gasteiger partial charge in [0.15, 0.2) is 0 Å². The number of aromatic nitrogens is 2. The molecule has 0 bridgehead atoms. The Bertz CT molecular complexity index is 1100. The quantitative estimate of drug-likeness (QED) is 0.576. The molecule has 6 heteroatoms. The molecule has 3 aromatic rings. The SMILES string of the molecule is N#Cc1cc(Cl)ccc1Cn1ncc2ccc(N3CCC(N4CCCCC4)CC3)cc21. The number of rotatable bonds is 4. The lowest BCUT2D eigenvalue weighted by Crippen LogP contribution is -2.46. The van der Waals surface area contributed by atoms with Crippen molar-refractivity contribution in [3.05, 3.63) is 58.7 Å². The number of hydrogen-bond donors (Lipinski definition) is 0. The molecule has 5 rings (SSSR count). The van der Waals surface area contributed by atoms with Crippen LogP contribution in [0.2, 0.25) is 5.02 Å². The average Bonchev–Trinajstić information content (AvgIpc) is 3.23. The van der Waals surface area contributed by atoms with Crippen molar-refractivity contribution in [1.29, 1.82) is 5.26 Å². The molecule has 2 aliphatic heterocycles. The van der Waals surface area contributed by atoms with Gasteiger partial charge in [-0.05, 0) is 74.7 Å². The maximum Gasteiger partial charge on any atom is 0.0995 e. The van der Waals surface area contributed by atoms with Gasteiger partial charge in [-0.1, -0.05) is 24.1 Å². The van der Waals surface area contributed by atoms with E-state index in [0.29, 0.717) is 17.1 Å². The highest BCUT2D eigenvalue weighted by atomic mass is 35.5. The highest BCUT2D eigenvalue weighted by Gasteiger charge is 2.25. The van der Waals surface area contributed by atoms with Gasteiger partial charge in [-0.25, -0.2) is 0 Å². The van der Waals surface area contributed by atoms with Crippen molar-refractivity contribution in [3.8, 4) is 6.07 Å². The molecule has 1 aromatic heterocycles. The second kappa shape index (κ2) is 8.90. The molecule has 160 valence electrons. The van der Waals surface area contributed by atoms with Crippen LogP contribution in [-0.2, 0) is 6.54 Å². The van der Waals surface area contributed by atoms with Gasteiger partial charge in [0, 0.05) is 35.2 Å². The molecule has 0 amide bonds. The molecule has 2 aliphatic rings. The Morgan fingerprint density at radius 3 is 2.58 bits per heavy atom. The minimum Gasteiger partial charge on any atom is -0.371 e. The first-order valence-corrected chi connectivity index (χ1v) is 11.7. The van der Waals surface area contributed by atoms with E-state index in [1.807, 2.05) is 23.0 Å². The number of halogens is 1. The standard InChI is InChI=1S/C25H28ClN5/c26-22-6-4-20(21(14-22)16-27)18-31-25-15-24(7-5-19(25)17-28-31)30-12-8-23(9-13-30)29-10-2-1-3-11-29/h4-7,14-15,17,23H,1-3,8-13,18H2. The molecule has 5 nitrogen and oxygen atoms in total. The molecular weight excluding hydrogens is 406 g/mol. The molecule has 0 radical (unpaired) electrons. The zero-order valence-corrected chi connectivity index (χ0v) is 18.6. The number of nitriles is 1. The predicted octanol–water partition coefficient (Wildman–Crippen LogP) is 5.06. The summed E-state index contributed by atoms with van der Waals surface area (Å²) in [5.41, 5.74) is 3.91. The molecule has 0 saturated carbocycles. The topological polar surface area (TPSA) is 48.1 Å². The first-order chi connectivity index (χ1) is 15.2. The van der Waals surface area contributed by atoms with Crippen LogP contribution in [0.4, 0.5) is 5.69 Å². The van der Waals surface area contributed by atoms with Crippen LogP contribution < -0.4 is 4.90 Å². The van der Waals surface area contributed by atoms with Crippen LogP contribution in [0, 0.1) is 11.3 Å². The largest absolute Gasteiger partial charge is 0.371 e. The lowest BCUT2D eigenvalue weighted by Gasteiger charge is -2.41. The molecule has 0 unspecified atom stereocenters. The normalized spacial score (nSPS) is 18.4. The Labute approximate surface area is 188 Å². The van der Waals surface area contributed by atoms with E-state index in [4.69, 9.17) is 11.6 Å². The minimum absolute atomic E-state index is 0.560. The van der Waals surface area contributed by atoms with E-state index in [1.165, 1.54) is 50.9 Å². The van der Waals surface area contributed by atoms with Crippen molar-refractivity contribution >= 4 is 28.2 Å². The molecule has 0 spiro atoms. The number of piperidine rings is 2. The van der Waals surface area contributed by atoms with E-state index in [0.717, 1.165) is 35.6 Å². The number of hydrogen-bond acceptors (Lipinski definition) is 4. The summed E-state index contributed by atoms with van der Waals surface area (Å²) in [6, 6.07) is 15.1. The van der Waals surface area contributed by atoms with Crippen molar-refractivity contribution < 1.29 is 0 Å². The fourth-order valence-corrected chi connectivity index (χ4v) is 5.28. The molecule has 2 aromatic carbocycles. The Hall–Kier alpha value is -2.55. The molecule has 0 N–H and O–H groups in total. The summed E-state index contributed by atoms with van der Waals surface area (Å²) >= 11 is 6.06. The van der Waals surface area contributed by atoms with Crippen LogP contribution in [0.25, 0.3) is 10.9 Å². The fourth-order valence-electron chi connectivity index (χ4n) is 5.11. The minimum atomic E-state index is 0.560. The number of likely N-dealkylation sites (tertiary alicyclic amines) is 1. The van der Waals surface area contributed by atoms with Gasteiger partial charge in [-0.2, -0.15) is 10.4 Å². The lowest BCUT2D eigenvalue weighted by molar-refractivity contribution is 0.141. The zero-order chi connectivity index (χ0) is 21.2. The zero-order valence-electron chi connectivity index (χ0n) is 17.8. The van der Waals surface area contributed by atoms with Gasteiger partial charge in [-0.3, -0.25) is 4.68 Å². The maximum absolute atomic E-state index is 9.47. The van der Waals surface area contributed by atoms with Gasteiger partial charge in [-0.15, -0.1) is 0 Å². The van der Waals surface area contributed by atoms with Gasteiger partial charge < -0.3 is 9.80 Å². The number of nitrogens with zero attached hydrogens (tertiary/aromatic N) is 5. The van der Waals surface area contributed by atoms with E-state index >= 15 is 0 Å². The highest BCUT2D eigenvalue weighted by Crippen LogP contribution is 2.28. The van der Waals surface area contributed by atoms with Gasteiger partial charge in [0.25, 0.3) is 0 Å². The van der Waals surface area contributed by atoms with Crippen LogP contribution in [0.3, 0.4) is 0 Å². The monoisotopic (exact) mass is 433 g/mol. The van der Waals surface area contributed by atoms with Crippen molar-refractivity contribution in [2.24, 2.45) is 0 Å². The molecular formula is C25H28ClN5. The van der Waals surface area contributed by atoms with E-state index < -0.39 is 0 Å². The van der Waals surface area contributed by atoms with Crippen LogP contribution >= 0.6 is 11.6 Å². The van der Waals surface area contributed by atoms with Crippen LogP contribution in [-0.4, -0.2) is 46.9 Å². The summed E-state index contributed by atoms with van der Waals surface area (Å²) in [5.74, 6) is 0. The second-order valence-corrected chi connectivity index (χ2v) is 9.21. The Morgan fingerprint density at radius 1 is 1.00 bits per heavy atom. The number of benzene rings is 2. The van der Waals surface area contributed by atoms with E-state index in [9.17, 15) is 5.26 Å². The first-order valence-electron chi connectivity index (χ1n) is 11.3. The molecule has 2 saturated heterocycles. The Morgan fingerprint density at radius 2 is 1.81 bits per heavy atom. The molecule has 0 aliphatic carbocycles. The Balaban J connectivity index is 1.33. The summed E-state index contributed by atoms with van der Waals surface area (Å²) < 4.78 is 1.99. The summed E-state index contributed by atoms with van der Waals surface area (Å²) in [7, 11) is 0. The van der Waals surface area contributed by atoms with E-state index in [1.54, 1.807) is 6.07 Å². The van der Waals surface area contributed by atoms with Crippen LogP contribution in [0.15, 0.2) is 42.6 Å². The van der Waals surface area contributed by atoms with Crippen molar-refractivity contribution in [3.63, 3.8) is 0 Å². The second-order valence-electron chi connectivity index (χ2n) is 8.77. The van der Waals surface area contributed by atoms with Crippen molar-refractivity contribution in [2.45, 2.75) is 44.7 Å². The maximum atomic E-state index is 9.47. The van der Waals surface area contributed by atoms with Crippen molar-refractivity contribution in [1.82, 2.24) is 14.7 Å². The van der Waals surface area contributed by atoms with Crippen LogP contribution in [0.1, 0.15) is 43.2 Å². The fraction of sp³-hybridized carbons (Fsp3) is 0.440. The van der Waals surface area contributed by atoms with Crippen LogP contribution in [0.5, 0.6) is 0 Å². The van der Waals surface area contributed by atoms with E-state index in [2.05, 4.69) is 39.2 Å². The summed E-state index contributed by atoms with van der Waals surface area (Å²) in [6.45, 7) is 5.34. The smallest absolute Gasteiger partial charge is 0.0995 e. The third-order valence-electron chi connectivity index (χ3n) is 6.88. The number of fused-ring (bicyclic) bond motifs is 1. The Kier molecular flexibility index (Phi) is 5.85. The molecule has 2 fully saturated rings. The summed E-state index contributed by atoms with van der Waals surface area (Å²) in [6.07, 6.45) is 8.52. The summed E-state index contributed by atoms with van der Waals surface area (Å²) in [5, 5.41) is 15.8. The number of anilines is 1.